The van der Waals surface area contributed by atoms with Crippen molar-refractivity contribution in [2.45, 2.75) is 13.3 Å². The lowest BCUT2D eigenvalue weighted by atomic mass is 10.1. The number of benzene rings is 2. The number of H-pyrrole nitrogens is 1. The number of ether oxygens (including phenoxy) is 1. The molecule has 1 heterocycles. The molecule has 0 saturated heterocycles. The fraction of sp³-hybridized carbons (Fsp3) is 0.190. The molecule has 0 atom stereocenters. The van der Waals surface area contributed by atoms with Gasteiger partial charge in [-0.15, -0.1) is 0 Å². The van der Waals surface area contributed by atoms with E-state index in [-0.39, 0.29) is 5.57 Å². The van der Waals surface area contributed by atoms with Gasteiger partial charge in [0, 0.05) is 13.0 Å². The van der Waals surface area contributed by atoms with Crippen LogP contribution in [-0.4, -0.2) is 29.0 Å². The second-order valence-electron chi connectivity index (χ2n) is 5.88. The molecule has 0 radical (unpaired) electrons. The van der Waals surface area contributed by atoms with Crippen LogP contribution in [0.3, 0.4) is 0 Å². The van der Waals surface area contributed by atoms with E-state index in [4.69, 9.17) is 4.74 Å². The van der Waals surface area contributed by atoms with E-state index in [0.717, 1.165) is 28.2 Å². The van der Waals surface area contributed by atoms with Crippen LogP contribution in [0.2, 0.25) is 0 Å². The number of fused-ring (bicyclic) bond motifs is 1. The molecule has 0 spiro atoms. The van der Waals surface area contributed by atoms with Gasteiger partial charge in [-0.2, -0.15) is 5.26 Å². The van der Waals surface area contributed by atoms with Crippen molar-refractivity contribution in [1.29, 1.82) is 5.26 Å². The molecule has 1 aromatic heterocycles. The van der Waals surface area contributed by atoms with E-state index in [1.165, 1.54) is 0 Å². The van der Waals surface area contributed by atoms with Crippen LogP contribution in [0.15, 0.2) is 54.1 Å². The number of aromatic amines is 1. The number of amides is 1. The summed E-state index contributed by atoms with van der Waals surface area (Å²) >= 11 is 0. The summed E-state index contributed by atoms with van der Waals surface area (Å²) in [6.45, 7) is 2.89. The third-order valence-corrected chi connectivity index (χ3v) is 3.95. The van der Waals surface area contributed by atoms with E-state index >= 15 is 0 Å². The molecule has 1 amide bonds. The van der Waals surface area contributed by atoms with Gasteiger partial charge in [-0.05, 0) is 42.8 Å². The molecule has 27 heavy (non-hydrogen) atoms. The minimum absolute atomic E-state index is 0.0590. The smallest absolute Gasteiger partial charge is 0.261 e. The summed E-state index contributed by atoms with van der Waals surface area (Å²) in [5.74, 6) is 1.15. The molecule has 0 saturated carbocycles. The third kappa shape index (κ3) is 4.73. The van der Waals surface area contributed by atoms with Crippen LogP contribution < -0.4 is 10.1 Å². The Balaban J connectivity index is 1.58. The Bertz CT molecular complexity index is 964. The largest absolute Gasteiger partial charge is 0.494 e. The Morgan fingerprint density at radius 3 is 2.74 bits per heavy atom. The van der Waals surface area contributed by atoms with Gasteiger partial charge in [-0.25, -0.2) is 4.98 Å². The molecule has 6 nitrogen and oxygen atoms in total. The van der Waals surface area contributed by atoms with Crippen LogP contribution in [0.1, 0.15) is 18.3 Å². The zero-order valence-electron chi connectivity index (χ0n) is 15.0. The van der Waals surface area contributed by atoms with Gasteiger partial charge in [-0.3, -0.25) is 4.79 Å². The summed E-state index contributed by atoms with van der Waals surface area (Å²) in [6.07, 6.45) is 2.12. The van der Waals surface area contributed by atoms with Crippen molar-refractivity contribution in [3.8, 4) is 11.8 Å². The Morgan fingerprint density at radius 2 is 2.04 bits per heavy atom. The minimum Gasteiger partial charge on any atom is -0.494 e. The molecule has 3 aromatic rings. The first-order chi connectivity index (χ1) is 13.2. The maximum atomic E-state index is 12.3. The number of imidazole rings is 1. The van der Waals surface area contributed by atoms with E-state index in [9.17, 15) is 10.1 Å². The van der Waals surface area contributed by atoms with Gasteiger partial charge in [0.25, 0.3) is 5.91 Å². The van der Waals surface area contributed by atoms with Crippen molar-refractivity contribution in [1.82, 2.24) is 15.3 Å². The number of rotatable bonds is 7. The molecule has 0 aliphatic rings. The molecular formula is C21H20N4O2. The van der Waals surface area contributed by atoms with Gasteiger partial charge in [0.1, 0.15) is 23.2 Å². The van der Waals surface area contributed by atoms with E-state index in [2.05, 4.69) is 15.3 Å². The quantitative estimate of drug-likeness (QED) is 0.500. The van der Waals surface area contributed by atoms with Crippen molar-refractivity contribution in [2.24, 2.45) is 0 Å². The van der Waals surface area contributed by atoms with Crippen molar-refractivity contribution in [3.63, 3.8) is 0 Å². The second-order valence-corrected chi connectivity index (χ2v) is 5.88. The number of para-hydroxylation sites is 2. The zero-order valence-corrected chi connectivity index (χ0v) is 15.0. The number of nitrogens with one attached hydrogen (secondary N) is 2. The highest BCUT2D eigenvalue weighted by Gasteiger charge is 2.09. The summed E-state index contributed by atoms with van der Waals surface area (Å²) in [4.78, 5) is 19.9. The lowest BCUT2D eigenvalue weighted by Gasteiger charge is -2.04. The molecule has 0 aliphatic heterocycles. The van der Waals surface area contributed by atoms with Gasteiger partial charge in [0.05, 0.1) is 17.6 Å². The number of aromatic nitrogens is 2. The SMILES string of the molecule is CCOc1ccc(C=C(C#N)C(=O)NCCc2nc3ccccc3[nH]2)cc1. The summed E-state index contributed by atoms with van der Waals surface area (Å²) in [6, 6.07) is 17.0. The number of carbonyl (C=O) groups is 1. The van der Waals surface area contributed by atoms with E-state index in [1.807, 2.05) is 61.5 Å². The van der Waals surface area contributed by atoms with Crippen LogP contribution in [0.25, 0.3) is 17.1 Å². The van der Waals surface area contributed by atoms with Crippen LogP contribution in [0, 0.1) is 11.3 Å². The summed E-state index contributed by atoms with van der Waals surface area (Å²) in [5.41, 5.74) is 2.69. The number of hydrogen-bond donors (Lipinski definition) is 2. The molecule has 136 valence electrons. The van der Waals surface area contributed by atoms with Gasteiger partial charge >= 0.3 is 0 Å². The number of carbonyl (C=O) groups excluding carboxylic acids is 1. The second kappa shape index (κ2) is 8.68. The van der Waals surface area contributed by atoms with Crippen LogP contribution >= 0.6 is 0 Å². The average molecular weight is 360 g/mol. The first-order valence-corrected chi connectivity index (χ1v) is 8.76. The van der Waals surface area contributed by atoms with Crippen molar-refractivity contribution < 1.29 is 9.53 Å². The lowest BCUT2D eigenvalue weighted by molar-refractivity contribution is -0.117. The Kier molecular flexibility index (Phi) is 5.85. The van der Waals surface area contributed by atoms with Crippen molar-refractivity contribution in [2.75, 3.05) is 13.2 Å². The van der Waals surface area contributed by atoms with E-state index in [1.54, 1.807) is 6.08 Å². The highest BCUT2D eigenvalue weighted by atomic mass is 16.5. The Labute approximate surface area is 157 Å². The van der Waals surface area contributed by atoms with E-state index < -0.39 is 5.91 Å². The summed E-state index contributed by atoms with van der Waals surface area (Å²) in [5, 5.41) is 12.0. The summed E-state index contributed by atoms with van der Waals surface area (Å²) < 4.78 is 5.38. The standard InChI is InChI=1S/C21H20N4O2/c1-2-27-17-9-7-15(8-10-17)13-16(14-22)21(26)23-12-11-20-24-18-5-3-4-6-19(18)25-20/h3-10,13H,2,11-12H2,1H3,(H,23,26)(H,24,25). The molecular weight excluding hydrogens is 340 g/mol. The first kappa shape index (κ1) is 18.2. The summed E-state index contributed by atoms with van der Waals surface area (Å²) in [7, 11) is 0. The molecule has 2 aromatic carbocycles. The van der Waals surface area contributed by atoms with Crippen LogP contribution in [0.5, 0.6) is 5.75 Å². The molecule has 0 unspecified atom stereocenters. The third-order valence-electron chi connectivity index (χ3n) is 3.95. The number of nitrogens with zero attached hydrogens (tertiary/aromatic N) is 2. The Morgan fingerprint density at radius 1 is 1.26 bits per heavy atom. The predicted octanol–water partition coefficient (Wildman–Crippen LogP) is 3.23. The van der Waals surface area contributed by atoms with Crippen LogP contribution in [-0.2, 0) is 11.2 Å². The van der Waals surface area contributed by atoms with E-state index in [0.29, 0.717) is 19.6 Å². The van der Waals surface area contributed by atoms with Crippen LogP contribution in [0.4, 0.5) is 0 Å². The highest BCUT2D eigenvalue weighted by Crippen LogP contribution is 2.14. The van der Waals surface area contributed by atoms with Gasteiger partial charge < -0.3 is 15.0 Å². The monoisotopic (exact) mass is 360 g/mol. The molecule has 2 N–H and O–H groups in total. The van der Waals surface area contributed by atoms with Crippen molar-refractivity contribution >= 4 is 23.0 Å². The normalized spacial score (nSPS) is 11.2. The van der Waals surface area contributed by atoms with Crippen molar-refractivity contribution in [3.05, 3.63) is 65.5 Å². The zero-order chi connectivity index (χ0) is 19.1. The lowest BCUT2D eigenvalue weighted by Crippen LogP contribution is -2.27. The number of nitriles is 1. The fourth-order valence-corrected chi connectivity index (χ4v) is 2.66. The topological polar surface area (TPSA) is 90.8 Å². The molecule has 0 fully saturated rings. The fourth-order valence-electron chi connectivity index (χ4n) is 2.66. The maximum Gasteiger partial charge on any atom is 0.261 e. The van der Waals surface area contributed by atoms with Gasteiger partial charge in [0.2, 0.25) is 0 Å². The maximum absolute atomic E-state index is 12.3. The Hall–Kier alpha value is -3.59. The minimum atomic E-state index is -0.400. The first-order valence-electron chi connectivity index (χ1n) is 8.76. The van der Waals surface area contributed by atoms with Gasteiger partial charge in [-0.1, -0.05) is 24.3 Å². The molecule has 6 heteroatoms. The number of hydrogen-bond acceptors (Lipinski definition) is 4. The highest BCUT2D eigenvalue weighted by molar-refractivity contribution is 6.01. The molecule has 0 aliphatic carbocycles. The van der Waals surface area contributed by atoms with Gasteiger partial charge in [0.15, 0.2) is 0 Å². The molecule has 0 bridgehead atoms. The average Bonchev–Trinajstić information content (AvgIpc) is 3.10. The predicted molar refractivity (Wildman–Crippen MR) is 104 cm³/mol. The molecule has 3 rings (SSSR count).